The van der Waals surface area contributed by atoms with Crippen molar-refractivity contribution >= 4 is 50.1 Å². The maximum absolute atomic E-state index is 13.2. The lowest BCUT2D eigenvalue weighted by Gasteiger charge is -2.32. The van der Waals surface area contributed by atoms with Gasteiger partial charge in [0.2, 0.25) is 27.7 Å². The van der Waals surface area contributed by atoms with Gasteiger partial charge < -0.3 is 14.7 Å². The maximum Gasteiger partial charge on any atom is 0.245 e. The van der Waals surface area contributed by atoms with Gasteiger partial charge in [-0.15, -0.1) is 0 Å². The number of rotatable bonds is 6. The molecule has 2 aromatic rings. The van der Waals surface area contributed by atoms with E-state index in [1.54, 1.807) is 50.2 Å². The molecule has 11 heteroatoms. The highest BCUT2D eigenvalue weighted by Gasteiger charge is 2.43. The number of halogens is 1. The first kappa shape index (κ1) is 25.4. The largest absolute Gasteiger partial charge is 0.347 e. The van der Waals surface area contributed by atoms with Crippen molar-refractivity contribution in [2.24, 2.45) is 0 Å². The minimum atomic E-state index is -3.97. The normalized spacial score (nSPS) is 21.5. The number of fused-ring (bicyclic) bond motifs is 1. The van der Waals surface area contributed by atoms with Gasteiger partial charge in [-0.1, -0.05) is 23.7 Å². The van der Waals surface area contributed by atoms with Gasteiger partial charge in [0.25, 0.3) is 0 Å². The fourth-order valence-electron chi connectivity index (χ4n) is 4.77. The first-order chi connectivity index (χ1) is 16.5. The fourth-order valence-corrected chi connectivity index (χ4v) is 6.21. The summed E-state index contributed by atoms with van der Waals surface area (Å²) in [5.74, 6) is -0.886. The molecule has 0 aromatic heterocycles. The van der Waals surface area contributed by atoms with Gasteiger partial charge >= 0.3 is 0 Å². The Morgan fingerprint density at radius 2 is 1.77 bits per heavy atom. The molecule has 2 saturated heterocycles. The summed E-state index contributed by atoms with van der Waals surface area (Å²) in [5, 5.41) is 2.07. The highest BCUT2D eigenvalue weighted by Crippen LogP contribution is 2.25. The van der Waals surface area contributed by atoms with Crippen molar-refractivity contribution in [2.75, 3.05) is 27.2 Å². The van der Waals surface area contributed by atoms with Crippen LogP contribution >= 0.6 is 11.6 Å². The van der Waals surface area contributed by atoms with Gasteiger partial charge in [0, 0.05) is 32.2 Å². The third kappa shape index (κ3) is 5.00. The molecule has 4 rings (SSSR count). The minimum Gasteiger partial charge on any atom is -0.347 e. The van der Waals surface area contributed by atoms with E-state index in [9.17, 15) is 22.8 Å². The van der Waals surface area contributed by atoms with Gasteiger partial charge in [0.05, 0.1) is 4.90 Å². The average molecular weight is 521 g/mol. The summed E-state index contributed by atoms with van der Waals surface area (Å²) in [6.45, 7) is 2.33. The van der Waals surface area contributed by atoms with Crippen LogP contribution in [0.3, 0.4) is 0 Å². The quantitative estimate of drug-likeness (QED) is 0.625. The molecule has 3 atom stereocenters. The number of amides is 3. The van der Waals surface area contributed by atoms with E-state index in [2.05, 4.69) is 4.72 Å². The molecule has 0 radical (unpaired) electrons. The molecule has 2 aliphatic heterocycles. The summed E-state index contributed by atoms with van der Waals surface area (Å²) in [6.07, 6.45) is 1.56. The summed E-state index contributed by atoms with van der Waals surface area (Å²) in [6, 6.07) is 7.55. The summed E-state index contributed by atoms with van der Waals surface area (Å²) in [7, 11) is -0.667. The van der Waals surface area contributed by atoms with Crippen LogP contribution < -0.4 is 4.72 Å². The first-order valence-electron chi connectivity index (χ1n) is 11.5. The smallest absolute Gasteiger partial charge is 0.245 e. The summed E-state index contributed by atoms with van der Waals surface area (Å²) >= 11 is 6.00. The molecule has 0 bridgehead atoms. The molecule has 2 fully saturated rings. The Morgan fingerprint density at radius 1 is 1.09 bits per heavy atom. The molecule has 3 amide bonds. The second-order valence-electron chi connectivity index (χ2n) is 9.25. The average Bonchev–Trinajstić information content (AvgIpc) is 3.44. The molecular formula is C24H29ClN4O5S. The number of hydrogen-bond acceptors (Lipinski definition) is 5. The lowest BCUT2D eigenvalue weighted by molar-refractivity contribution is -0.148. The van der Waals surface area contributed by atoms with Crippen LogP contribution in [0.1, 0.15) is 26.2 Å². The van der Waals surface area contributed by atoms with Crippen molar-refractivity contribution in [3.63, 3.8) is 0 Å². The summed E-state index contributed by atoms with van der Waals surface area (Å²) < 4.78 is 28.5. The predicted molar refractivity (Wildman–Crippen MR) is 132 cm³/mol. The van der Waals surface area contributed by atoms with E-state index in [0.29, 0.717) is 23.4 Å². The Balaban J connectivity index is 1.46. The zero-order valence-electron chi connectivity index (χ0n) is 19.9. The van der Waals surface area contributed by atoms with Crippen molar-refractivity contribution in [3.8, 4) is 0 Å². The van der Waals surface area contributed by atoms with E-state index in [4.69, 9.17) is 11.6 Å². The Morgan fingerprint density at radius 3 is 2.49 bits per heavy atom. The number of hydrogen-bond donors (Lipinski definition) is 1. The highest BCUT2D eigenvalue weighted by molar-refractivity contribution is 7.89. The molecule has 35 heavy (non-hydrogen) atoms. The molecule has 2 aromatic carbocycles. The molecule has 0 unspecified atom stereocenters. The van der Waals surface area contributed by atoms with Gasteiger partial charge in [-0.05, 0) is 61.2 Å². The molecule has 2 heterocycles. The number of carbonyl (C=O) groups is 3. The summed E-state index contributed by atoms with van der Waals surface area (Å²) in [5.41, 5.74) is 0. The van der Waals surface area contributed by atoms with Crippen LogP contribution in [0.25, 0.3) is 10.8 Å². The minimum absolute atomic E-state index is 0.0461. The number of nitrogens with one attached hydrogen (secondary N) is 1. The molecule has 0 spiro atoms. The molecule has 9 nitrogen and oxygen atoms in total. The van der Waals surface area contributed by atoms with Gasteiger partial charge in [-0.3, -0.25) is 14.4 Å². The molecule has 1 N–H and O–H groups in total. The van der Waals surface area contributed by atoms with Crippen LogP contribution in [0.15, 0.2) is 41.3 Å². The number of likely N-dealkylation sites (N-methyl/N-ethyl adjacent to an activating group) is 1. The van der Waals surface area contributed by atoms with Gasteiger partial charge in [-0.25, -0.2) is 8.42 Å². The number of likely N-dealkylation sites (tertiary alicyclic amines) is 2. The van der Waals surface area contributed by atoms with Crippen LogP contribution in [-0.2, 0) is 24.4 Å². The Kier molecular flexibility index (Phi) is 7.08. The van der Waals surface area contributed by atoms with Crippen molar-refractivity contribution in [3.05, 3.63) is 41.4 Å². The number of nitrogens with zero attached hydrogens (tertiary/aromatic N) is 3. The van der Waals surface area contributed by atoms with Crippen LogP contribution in [0, 0.1) is 0 Å². The number of benzene rings is 2. The van der Waals surface area contributed by atoms with Crippen LogP contribution in [-0.4, -0.2) is 86.1 Å². The maximum atomic E-state index is 13.2. The zero-order chi connectivity index (χ0) is 25.5. The molecule has 2 aliphatic rings. The van der Waals surface area contributed by atoms with E-state index in [1.165, 1.54) is 21.9 Å². The second-order valence-corrected chi connectivity index (χ2v) is 11.4. The lowest BCUT2D eigenvalue weighted by atomic mass is 10.1. The van der Waals surface area contributed by atoms with E-state index >= 15 is 0 Å². The standard InChI is InChI=1S/C24H29ClN4O5S/c1-15(22(30)29-11-4-5-21(29)24(32)27(2)3)28-12-10-20(23(28)31)26-35(33,34)19-9-7-16-13-18(25)8-6-17(16)14-19/h6-9,13-15,20-21,26H,4-5,10-12H2,1-3H3/t15-,20-,21-/m0/s1. The number of sulfonamides is 1. The second kappa shape index (κ2) is 9.75. The third-order valence-corrected chi connectivity index (χ3v) is 8.41. The van der Waals surface area contributed by atoms with E-state index in [1.807, 2.05) is 0 Å². The fraction of sp³-hybridized carbons (Fsp3) is 0.458. The van der Waals surface area contributed by atoms with Gasteiger partial charge in [0.1, 0.15) is 18.1 Å². The Labute approximate surface area is 210 Å². The summed E-state index contributed by atoms with van der Waals surface area (Å²) in [4.78, 5) is 43.2. The predicted octanol–water partition coefficient (Wildman–Crippen LogP) is 1.84. The molecule has 188 valence electrons. The van der Waals surface area contributed by atoms with E-state index in [-0.39, 0.29) is 29.7 Å². The lowest BCUT2D eigenvalue weighted by Crippen LogP contribution is -2.53. The third-order valence-electron chi connectivity index (χ3n) is 6.71. The number of carbonyl (C=O) groups excluding carboxylic acids is 3. The van der Waals surface area contributed by atoms with E-state index in [0.717, 1.165) is 11.8 Å². The highest BCUT2D eigenvalue weighted by atomic mass is 35.5. The Hall–Kier alpha value is -2.69. The Bertz CT molecular complexity index is 1280. The molecular weight excluding hydrogens is 492 g/mol. The van der Waals surface area contributed by atoms with Crippen molar-refractivity contribution in [1.29, 1.82) is 0 Å². The first-order valence-corrected chi connectivity index (χ1v) is 13.4. The van der Waals surface area contributed by atoms with Crippen molar-refractivity contribution in [1.82, 2.24) is 19.4 Å². The monoisotopic (exact) mass is 520 g/mol. The van der Waals surface area contributed by atoms with Crippen molar-refractivity contribution < 1.29 is 22.8 Å². The molecule has 0 aliphatic carbocycles. The van der Waals surface area contributed by atoms with E-state index < -0.39 is 34.1 Å². The SMILES string of the molecule is C[C@@H](C(=O)N1CCC[C@H]1C(=O)N(C)C)N1CC[C@H](NS(=O)(=O)c2ccc3cc(Cl)ccc3c2)C1=O. The van der Waals surface area contributed by atoms with Gasteiger partial charge in [-0.2, -0.15) is 4.72 Å². The van der Waals surface area contributed by atoms with Gasteiger partial charge in [0.15, 0.2) is 0 Å². The topological polar surface area (TPSA) is 107 Å². The van der Waals surface area contributed by atoms with Crippen LogP contribution in [0.5, 0.6) is 0 Å². The zero-order valence-corrected chi connectivity index (χ0v) is 21.5. The van der Waals surface area contributed by atoms with Crippen LogP contribution in [0.4, 0.5) is 0 Å². The molecule has 0 saturated carbocycles. The van der Waals surface area contributed by atoms with Crippen LogP contribution in [0.2, 0.25) is 5.02 Å². The van der Waals surface area contributed by atoms with Crippen molar-refractivity contribution in [2.45, 2.75) is 49.2 Å².